The Morgan fingerprint density at radius 2 is 1.64 bits per heavy atom. The highest BCUT2D eigenvalue weighted by molar-refractivity contribution is 5.88. The molecule has 2 heterocycles. The second-order valence-electron chi connectivity index (χ2n) is 7.31. The zero-order valence-electron chi connectivity index (χ0n) is 16.4. The molecule has 1 N–H and O–H groups in total. The van der Waals surface area contributed by atoms with Crippen LogP contribution in [0.3, 0.4) is 0 Å². The molecule has 0 saturated carbocycles. The van der Waals surface area contributed by atoms with E-state index in [9.17, 15) is 9.59 Å². The third-order valence-corrected chi connectivity index (χ3v) is 4.88. The molecule has 3 rings (SSSR count). The normalized spacial score (nSPS) is 15.4. The number of carbonyl (C=O) groups is 2. The molecule has 2 aromatic rings. The minimum atomic E-state index is -0.518. The summed E-state index contributed by atoms with van der Waals surface area (Å²) in [6.45, 7) is 6.46. The predicted octanol–water partition coefficient (Wildman–Crippen LogP) is 1.51. The van der Waals surface area contributed by atoms with Gasteiger partial charge in [0.2, 0.25) is 17.8 Å². The summed E-state index contributed by atoms with van der Waals surface area (Å²) in [5.74, 6) is 0.550. The highest BCUT2D eigenvalue weighted by atomic mass is 16.2. The van der Waals surface area contributed by atoms with Crippen LogP contribution >= 0.6 is 0 Å². The van der Waals surface area contributed by atoms with E-state index in [2.05, 4.69) is 20.2 Å². The van der Waals surface area contributed by atoms with Gasteiger partial charge in [-0.15, -0.1) is 0 Å². The summed E-state index contributed by atoms with van der Waals surface area (Å²) in [4.78, 5) is 37.9. The van der Waals surface area contributed by atoms with E-state index in [0.717, 1.165) is 5.56 Å². The fourth-order valence-electron chi connectivity index (χ4n) is 3.30. The smallest absolute Gasteiger partial charge is 0.245 e. The van der Waals surface area contributed by atoms with Crippen LogP contribution in [0.2, 0.25) is 0 Å². The van der Waals surface area contributed by atoms with Crippen LogP contribution < -0.4 is 10.2 Å². The topological polar surface area (TPSA) is 78.4 Å². The van der Waals surface area contributed by atoms with E-state index in [1.54, 1.807) is 18.5 Å². The minimum absolute atomic E-state index is 0.0164. The van der Waals surface area contributed by atoms with Crippen LogP contribution in [0.1, 0.15) is 19.4 Å². The molecule has 1 aliphatic rings. The SMILES string of the molecule is CC(C)[C@@H](NC(=O)Cc1ccccc1)C(=O)N1CCN(c2ncccn2)CC1. The fraction of sp³-hybridized carbons (Fsp3) is 0.429. The molecule has 1 aromatic carbocycles. The molecule has 7 heteroatoms. The first-order valence-electron chi connectivity index (χ1n) is 9.68. The third kappa shape index (κ3) is 5.06. The van der Waals surface area contributed by atoms with Crippen molar-refractivity contribution < 1.29 is 9.59 Å². The first-order chi connectivity index (χ1) is 13.5. The van der Waals surface area contributed by atoms with E-state index >= 15 is 0 Å². The van der Waals surface area contributed by atoms with Crippen molar-refractivity contribution >= 4 is 17.8 Å². The molecule has 7 nitrogen and oxygen atoms in total. The fourth-order valence-corrected chi connectivity index (χ4v) is 3.30. The summed E-state index contributed by atoms with van der Waals surface area (Å²) in [7, 11) is 0. The Morgan fingerprint density at radius 3 is 2.25 bits per heavy atom. The summed E-state index contributed by atoms with van der Waals surface area (Å²) in [5, 5.41) is 2.94. The molecule has 2 amide bonds. The van der Waals surface area contributed by atoms with Crippen molar-refractivity contribution in [1.82, 2.24) is 20.2 Å². The van der Waals surface area contributed by atoms with Gasteiger partial charge in [0.1, 0.15) is 6.04 Å². The number of hydrogen-bond donors (Lipinski definition) is 1. The maximum Gasteiger partial charge on any atom is 0.245 e. The van der Waals surface area contributed by atoms with Gasteiger partial charge in [-0.05, 0) is 17.5 Å². The van der Waals surface area contributed by atoms with E-state index < -0.39 is 6.04 Å². The molecule has 1 atom stereocenters. The molecule has 0 radical (unpaired) electrons. The monoisotopic (exact) mass is 381 g/mol. The Kier molecular flexibility index (Phi) is 6.57. The lowest BCUT2D eigenvalue weighted by atomic mass is 10.0. The lowest BCUT2D eigenvalue weighted by Crippen LogP contribution is -2.56. The molecule has 0 bridgehead atoms. The summed E-state index contributed by atoms with van der Waals surface area (Å²) >= 11 is 0. The highest BCUT2D eigenvalue weighted by Crippen LogP contribution is 2.13. The Labute approximate surface area is 165 Å². The standard InChI is InChI=1S/C21H27N5O2/c1-16(2)19(24-18(27)15-17-7-4-3-5-8-17)20(28)25-11-13-26(14-12-25)21-22-9-6-10-23-21/h3-10,16,19H,11-15H2,1-2H3,(H,24,27)/t19-/m1/s1. The van der Waals surface area contributed by atoms with Gasteiger partial charge in [0, 0.05) is 38.6 Å². The van der Waals surface area contributed by atoms with Gasteiger partial charge in [0.05, 0.1) is 6.42 Å². The van der Waals surface area contributed by atoms with Crippen molar-refractivity contribution in [2.24, 2.45) is 5.92 Å². The number of hydrogen-bond acceptors (Lipinski definition) is 5. The second kappa shape index (κ2) is 9.30. The number of nitrogens with zero attached hydrogens (tertiary/aromatic N) is 4. The Bertz CT molecular complexity index is 774. The number of amides is 2. The lowest BCUT2D eigenvalue weighted by Gasteiger charge is -2.37. The lowest BCUT2D eigenvalue weighted by molar-refractivity contribution is -0.137. The van der Waals surface area contributed by atoms with E-state index in [4.69, 9.17) is 0 Å². The largest absolute Gasteiger partial charge is 0.344 e. The van der Waals surface area contributed by atoms with Gasteiger partial charge in [-0.2, -0.15) is 0 Å². The van der Waals surface area contributed by atoms with Crippen LogP contribution in [0.5, 0.6) is 0 Å². The molecule has 28 heavy (non-hydrogen) atoms. The van der Waals surface area contributed by atoms with Crippen molar-refractivity contribution in [2.75, 3.05) is 31.1 Å². The molecular formula is C21H27N5O2. The van der Waals surface area contributed by atoms with E-state index in [1.165, 1.54) is 0 Å². The number of benzene rings is 1. The zero-order chi connectivity index (χ0) is 19.9. The van der Waals surface area contributed by atoms with Crippen molar-refractivity contribution in [3.8, 4) is 0 Å². The second-order valence-corrected chi connectivity index (χ2v) is 7.31. The van der Waals surface area contributed by atoms with Crippen LogP contribution in [-0.2, 0) is 16.0 Å². The Morgan fingerprint density at radius 1 is 1.00 bits per heavy atom. The molecule has 1 fully saturated rings. The molecular weight excluding hydrogens is 354 g/mol. The minimum Gasteiger partial charge on any atom is -0.344 e. The van der Waals surface area contributed by atoms with Crippen LogP contribution in [0.25, 0.3) is 0 Å². The molecule has 1 aromatic heterocycles. The number of aromatic nitrogens is 2. The van der Waals surface area contributed by atoms with Gasteiger partial charge in [-0.1, -0.05) is 44.2 Å². The Balaban J connectivity index is 1.57. The van der Waals surface area contributed by atoms with Crippen molar-refractivity contribution in [2.45, 2.75) is 26.3 Å². The van der Waals surface area contributed by atoms with Crippen molar-refractivity contribution in [1.29, 1.82) is 0 Å². The summed E-state index contributed by atoms with van der Waals surface area (Å²) < 4.78 is 0. The number of carbonyl (C=O) groups excluding carboxylic acids is 2. The molecule has 0 unspecified atom stereocenters. The van der Waals surface area contributed by atoms with Gasteiger partial charge < -0.3 is 15.1 Å². The highest BCUT2D eigenvalue weighted by Gasteiger charge is 2.31. The Hall–Kier alpha value is -2.96. The van der Waals surface area contributed by atoms with Gasteiger partial charge in [-0.25, -0.2) is 9.97 Å². The van der Waals surface area contributed by atoms with E-state index in [1.807, 2.05) is 49.1 Å². The van der Waals surface area contributed by atoms with Crippen LogP contribution in [0.15, 0.2) is 48.8 Å². The molecule has 1 aliphatic heterocycles. The maximum absolute atomic E-state index is 13.0. The van der Waals surface area contributed by atoms with Gasteiger partial charge in [-0.3, -0.25) is 9.59 Å². The van der Waals surface area contributed by atoms with E-state index in [-0.39, 0.29) is 24.2 Å². The average Bonchev–Trinajstić information content (AvgIpc) is 2.73. The van der Waals surface area contributed by atoms with Gasteiger partial charge in [0.15, 0.2) is 0 Å². The summed E-state index contributed by atoms with van der Waals surface area (Å²) in [6.07, 6.45) is 3.71. The van der Waals surface area contributed by atoms with Gasteiger partial charge in [0.25, 0.3) is 0 Å². The van der Waals surface area contributed by atoms with E-state index in [0.29, 0.717) is 32.1 Å². The predicted molar refractivity (Wildman–Crippen MR) is 108 cm³/mol. The van der Waals surface area contributed by atoms with Crippen LogP contribution in [0.4, 0.5) is 5.95 Å². The number of anilines is 1. The molecule has 1 saturated heterocycles. The maximum atomic E-state index is 13.0. The number of rotatable bonds is 6. The first-order valence-corrected chi connectivity index (χ1v) is 9.68. The third-order valence-electron chi connectivity index (χ3n) is 4.88. The van der Waals surface area contributed by atoms with Crippen molar-refractivity contribution in [3.63, 3.8) is 0 Å². The quantitative estimate of drug-likeness (QED) is 0.821. The summed E-state index contributed by atoms with van der Waals surface area (Å²) in [6, 6.07) is 10.8. The molecule has 0 aliphatic carbocycles. The number of piperazine rings is 1. The average molecular weight is 381 g/mol. The molecule has 148 valence electrons. The first kappa shape index (κ1) is 19.8. The zero-order valence-corrected chi connectivity index (χ0v) is 16.4. The van der Waals surface area contributed by atoms with Gasteiger partial charge >= 0.3 is 0 Å². The van der Waals surface area contributed by atoms with Crippen molar-refractivity contribution in [3.05, 3.63) is 54.4 Å². The molecule has 0 spiro atoms. The summed E-state index contributed by atoms with van der Waals surface area (Å²) in [5.41, 5.74) is 0.937. The van der Waals surface area contributed by atoms with Crippen LogP contribution in [0, 0.1) is 5.92 Å². The number of nitrogens with one attached hydrogen (secondary N) is 1. The van der Waals surface area contributed by atoms with Crippen LogP contribution in [-0.4, -0.2) is 58.9 Å².